The van der Waals surface area contributed by atoms with Crippen molar-refractivity contribution in [3.8, 4) is 0 Å². The van der Waals surface area contributed by atoms with Crippen LogP contribution in [0.25, 0.3) is 0 Å². The number of hydrogen-bond acceptors (Lipinski definition) is 4. The second kappa shape index (κ2) is 8.32. The SMILES string of the molecule is COC(=O)CN(Cc1ccccc1)C(=O)CC(C)CN. The van der Waals surface area contributed by atoms with Crippen molar-refractivity contribution in [2.24, 2.45) is 11.7 Å². The molecule has 0 aliphatic heterocycles. The number of ether oxygens (including phenoxy) is 1. The predicted octanol–water partition coefficient (Wildman–Crippen LogP) is 1.17. The summed E-state index contributed by atoms with van der Waals surface area (Å²) >= 11 is 0. The minimum absolute atomic E-state index is 0.0402. The van der Waals surface area contributed by atoms with Gasteiger partial charge in [-0.3, -0.25) is 9.59 Å². The van der Waals surface area contributed by atoms with Crippen LogP contribution in [0, 0.1) is 5.92 Å². The normalized spacial score (nSPS) is 11.8. The fraction of sp³-hybridized carbons (Fsp3) is 0.467. The highest BCUT2D eigenvalue weighted by Crippen LogP contribution is 2.09. The summed E-state index contributed by atoms with van der Waals surface area (Å²) in [5.74, 6) is -0.412. The second-order valence-corrected chi connectivity index (χ2v) is 4.86. The van der Waals surface area contributed by atoms with Crippen LogP contribution in [0.2, 0.25) is 0 Å². The number of nitrogens with zero attached hydrogens (tertiary/aromatic N) is 1. The van der Waals surface area contributed by atoms with Crippen LogP contribution in [0.5, 0.6) is 0 Å². The maximum atomic E-state index is 12.2. The van der Waals surface area contributed by atoms with Gasteiger partial charge in [0.15, 0.2) is 0 Å². The lowest BCUT2D eigenvalue weighted by Gasteiger charge is -2.23. The van der Waals surface area contributed by atoms with Crippen molar-refractivity contribution < 1.29 is 14.3 Å². The minimum Gasteiger partial charge on any atom is -0.468 e. The van der Waals surface area contributed by atoms with Crippen molar-refractivity contribution in [3.63, 3.8) is 0 Å². The van der Waals surface area contributed by atoms with Crippen LogP contribution in [0.4, 0.5) is 0 Å². The lowest BCUT2D eigenvalue weighted by Crippen LogP contribution is -2.37. The number of amides is 1. The lowest BCUT2D eigenvalue weighted by molar-refractivity contribution is -0.147. The second-order valence-electron chi connectivity index (χ2n) is 4.86. The Morgan fingerprint density at radius 2 is 1.95 bits per heavy atom. The third kappa shape index (κ3) is 5.40. The quantitative estimate of drug-likeness (QED) is 0.760. The number of methoxy groups -OCH3 is 1. The zero-order valence-electron chi connectivity index (χ0n) is 12.0. The average molecular weight is 278 g/mol. The molecule has 1 aromatic carbocycles. The molecule has 110 valence electrons. The number of carbonyl (C=O) groups is 2. The fourth-order valence-corrected chi connectivity index (χ4v) is 1.77. The molecule has 0 fully saturated rings. The van der Waals surface area contributed by atoms with Crippen LogP contribution in [0.1, 0.15) is 18.9 Å². The molecule has 0 bridgehead atoms. The van der Waals surface area contributed by atoms with Crippen molar-refractivity contribution in [3.05, 3.63) is 35.9 Å². The summed E-state index contributed by atoms with van der Waals surface area (Å²) < 4.78 is 4.64. The Morgan fingerprint density at radius 3 is 2.50 bits per heavy atom. The molecule has 1 amide bonds. The molecule has 0 radical (unpaired) electrons. The molecule has 5 heteroatoms. The summed E-state index contributed by atoms with van der Waals surface area (Å²) in [6, 6.07) is 9.55. The zero-order valence-corrected chi connectivity index (χ0v) is 12.0. The highest BCUT2D eigenvalue weighted by molar-refractivity contribution is 5.82. The van der Waals surface area contributed by atoms with Crippen LogP contribution in [0.3, 0.4) is 0 Å². The molecule has 0 saturated heterocycles. The van der Waals surface area contributed by atoms with E-state index in [1.54, 1.807) is 0 Å². The van der Waals surface area contributed by atoms with E-state index >= 15 is 0 Å². The molecule has 0 spiro atoms. The highest BCUT2D eigenvalue weighted by Gasteiger charge is 2.19. The summed E-state index contributed by atoms with van der Waals surface area (Å²) in [5, 5.41) is 0. The molecule has 2 N–H and O–H groups in total. The topological polar surface area (TPSA) is 72.6 Å². The molecule has 0 saturated carbocycles. The van der Waals surface area contributed by atoms with Crippen molar-refractivity contribution in [1.82, 2.24) is 4.90 Å². The summed E-state index contributed by atoms with van der Waals surface area (Å²) in [6.07, 6.45) is 0.334. The summed E-state index contributed by atoms with van der Waals surface area (Å²) in [5.41, 5.74) is 6.52. The van der Waals surface area contributed by atoms with E-state index < -0.39 is 5.97 Å². The smallest absolute Gasteiger partial charge is 0.325 e. The maximum Gasteiger partial charge on any atom is 0.325 e. The van der Waals surface area contributed by atoms with Gasteiger partial charge in [-0.15, -0.1) is 0 Å². The van der Waals surface area contributed by atoms with Gasteiger partial charge >= 0.3 is 5.97 Å². The summed E-state index contributed by atoms with van der Waals surface area (Å²) in [6.45, 7) is 2.72. The number of carbonyl (C=O) groups excluding carboxylic acids is 2. The van der Waals surface area contributed by atoms with E-state index in [-0.39, 0.29) is 18.4 Å². The third-order valence-corrected chi connectivity index (χ3v) is 3.04. The summed E-state index contributed by atoms with van der Waals surface area (Å²) in [7, 11) is 1.32. The van der Waals surface area contributed by atoms with E-state index in [1.807, 2.05) is 37.3 Å². The van der Waals surface area contributed by atoms with Crippen molar-refractivity contribution in [2.75, 3.05) is 20.2 Å². The molecule has 1 unspecified atom stereocenters. The number of nitrogens with two attached hydrogens (primary N) is 1. The van der Waals surface area contributed by atoms with E-state index in [9.17, 15) is 9.59 Å². The Balaban J connectivity index is 2.74. The number of hydrogen-bond donors (Lipinski definition) is 1. The van der Waals surface area contributed by atoms with Crippen LogP contribution >= 0.6 is 0 Å². The van der Waals surface area contributed by atoms with Crippen molar-refractivity contribution >= 4 is 11.9 Å². The molecular weight excluding hydrogens is 256 g/mol. The highest BCUT2D eigenvalue weighted by atomic mass is 16.5. The molecule has 1 rings (SSSR count). The largest absolute Gasteiger partial charge is 0.468 e. The molecule has 1 aromatic rings. The average Bonchev–Trinajstić information content (AvgIpc) is 2.47. The van der Waals surface area contributed by atoms with Gasteiger partial charge in [0.1, 0.15) is 6.54 Å². The standard InChI is InChI=1S/C15H22N2O3/c1-12(9-16)8-14(18)17(11-15(19)20-2)10-13-6-4-3-5-7-13/h3-7,12H,8-11,16H2,1-2H3. The lowest BCUT2D eigenvalue weighted by atomic mass is 10.1. The first-order valence-corrected chi connectivity index (χ1v) is 6.65. The van der Waals surface area contributed by atoms with E-state index in [2.05, 4.69) is 4.74 Å². The van der Waals surface area contributed by atoms with Crippen LogP contribution in [-0.4, -0.2) is 37.0 Å². The van der Waals surface area contributed by atoms with Crippen molar-refractivity contribution in [1.29, 1.82) is 0 Å². The first-order chi connectivity index (χ1) is 9.56. The number of benzene rings is 1. The summed E-state index contributed by atoms with van der Waals surface area (Å²) in [4.78, 5) is 25.2. The molecule has 1 atom stereocenters. The third-order valence-electron chi connectivity index (χ3n) is 3.04. The van der Waals surface area contributed by atoms with E-state index in [4.69, 9.17) is 5.73 Å². The first kappa shape index (κ1) is 16.2. The number of rotatable bonds is 7. The van der Waals surface area contributed by atoms with E-state index in [0.717, 1.165) is 5.56 Å². The molecule has 0 aliphatic carbocycles. The molecule has 5 nitrogen and oxygen atoms in total. The van der Waals surface area contributed by atoms with Gasteiger partial charge in [0, 0.05) is 13.0 Å². The van der Waals surface area contributed by atoms with Crippen LogP contribution in [0.15, 0.2) is 30.3 Å². The van der Waals surface area contributed by atoms with E-state index in [0.29, 0.717) is 19.5 Å². The predicted molar refractivity (Wildman–Crippen MR) is 76.7 cm³/mol. The van der Waals surface area contributed by atoms with Gasteiger partial charge in [-0.05, 0) is 18.0 Å². The molecule has 0 aliphatic rings. The van der Waals surface area contributed by atoms with Crippen LogP contribution < -0.4 is 5.73 Å². The van der Waals surface area contributed by atoms with Gasteiger partial charge in [0.25, 0.3) is 0 Å². The Labute approximate surface area is 119 Å². The Bertz CT molecular complexity index is 434. The van der Waals surface area contributed by atoms with Gasteiger partial charge in [-0.25, -0.2) is 0 Å². The zero-order chi connectivity index (χ0) is 15.0. The Kier molecular flexibility index (Phi) is 6.73. The molecule has 0 heterocycles. The van der Waals surface area contributed by atoms with Gasteiger partial charge in [0.2, 0.25) is 5.91 Å². The first-order valence-electron chi connectivity index (χ1n) is 6.65. The maximum absolute atomic E-state index is 12.2. The van der Waals surface area contributed by atoms with Gasteiger partial charge in [-0.1, -0.05) is 37.3 Å². The van der Waals surface area contributed by atoms with E-state index in [1.165, 1.54) is 12.0 Å². The Hall–Kier alpha value is -1.88. The Morgan fingerprint density at radius 1 is 1.30 bits per heavy atom. The number of esters is 1. The van der Waals surface area contributed by atoms with Gasteiger partial charge in [0.05, 0.1) is 7.11 Å². The van der Waals surface area contributed by atoms with Crippen molar-refractivity contribution in [2.45, 2.75) is 19.9 Å². The minimum atomic E-state index is -0.422. The molecule has 20 heavy (non-hydrogen) atoms. The van der Waals surface area contributed by atoms with Gasteiger partial charge < -0.3 is 15.4 Å². The molecule has 0 aromatic heterocycles. The monoisotopic (exact) mass is 278 g/mol. The fourth-order valence-electron chi connectivity index (χ4n) is 1.77. The molecular formula is C15H22N2O3. The van der Waals surface area contributed by atoms with Crippen LogP contribution in [-0.2, 0) is 20.9 Å². The van der Waals surface area contributed by atoms with Gasteiger partial charge in [-0.2, -0.15) is 0 Å².